The van der Waals surface area contributed by atoms with E-state index in [0.717, 1.165) is 5.69 Å². The molecule has 0 fully saturated rings. The van der Waals surface area contributed by atoms with Gasteiger partial charge in [0, 0.05) is 7.05 Å². The maximum absolute atomic E-state index is 5.78. The van der Waals surface area contributed by atoms with Crippen LogP contribution in [0.2, 0.25) is 10.0 Å². The minimum absolute atomic E-state index is 0.648. The van der Waals surface area contributed by atoms with Gasteiger partial charge in [-0.15, -0.1) is 0 Å². The van der Waals surface area contributed by atoms with Gasteiger partial charge in [-0.25, -0.2) is 0 Å². The Balaban J connectivity index is 0.000000561. The van der Waals surface area contributed by atoms with Gasteiger partial charge in [0.1, 0.15) is 0 Å². The summed E-state index contributed by atoms with van der Waals surface area (Å²) in [6.07, 6.45) is 0. The fourth-order valence-electron chi connectivity index (χ4n) is 0.737. The average molecular weight is 206 g/mol. The maximum atomic E-state index is 5.78. The zero-order valence-electron chi connectivity index (χ0n) is 7.49. The first-order valence-corrected chi connectivity index (χ1v) is 4.63. The van der Waals surface area contributed by atoms with E-state index in [1.54, 1.807) is 19.2 Å². The van der Waals surface area contributed by atoms with Gasteiger partial charge >= 0.3 is 0 Å². The van der Waals surface area contributed by atoms with Gasteiger partial charge in [-0.1, -0.05) is 43.1 Å². The molecular weight excluding hydrogens is 193 g/mol. The maximum Gasteiger partial charge on any atom is 0.0716 e. The van der Waals surface area contributed by atoms with Crippen molar-refractivity contribution in [1.29, 1.82) is 0 Å². The monoisotopic (exact) mass is 205 g/mol. The van der Waals surface area contributed by atoms with Crippen LogP contribution in [0.15, 0.2) is 18.2 Å². The van der Waals surface area contributed by atoms with Crippen molar-refractivity contribution in [2.75, 3.05) is 12.4 Å². The van der Waals surface area contributed by atoms with Crippen LogP contribution in [0.4, 0.5) is 5.69 Å². The average Bonchev–Trinajstić information content (AvgIpc) is 2.08. The Morgan fingerprint density at radius 2 is 1.50 bits per heavy atom. The molecule has 0 bridgehead atoms. The highest BCUT2D eigenvalue weighted by atomic mass is 35.5. The van der Waals surface area contributed by atoms with Crippen molar-refractivity contribution in [1.82, 2.24) is 0 Å². The smallest absolute Gasteiger partial charge is 0.0716 e. The first-order chi connectivity index (χ1) is 5.75. The second-order valence-electron chi connectivity index (χ2n) is 1.85. The molecule has 12 heavy (non-hydrogen) atoms. The van der Waals surface area contributed by atoms with Crippen LogP contribution in [0, 0.1) is 0 Å². The van der Waals surface area contributed by atoms with Gasteiger partial charge in [-0.05, 0) is 12.1 Å². The number of halogens is 2. The van der Waals surface area contributed by atoms with Crippen LogP contribution in [0.25, 0.3) is 0 Å². The molecule has 1 aromatic rings. The van der Waals surface area contributed by atoms with E-state index in [0.29, 0.717) is 10.0 Å². The van der Waals surface area contributed by atoms with Crippen LogP contribution in [0.5, 0.6) is 0 Å². The molecule has 68 valence electrons. The van der Waals surface area contributed by atoms with Crippen LogP contribution in [-0.2, 0) is 0 Å². The molecule has 0 atom stereocenters. The number of hydrogen-bond donors (Lipinski definition) is 1. The Bertz CT molecular complexity index is 216. The molecule has 0 amide bonds. The lowest BCUT2D eigenvalue weighted by atomic mass is 10.3. The third-order valence-electron chi connectivity index (χ3n) is 1.21. The zero-order valence-corrected chi connectivity index (χ0v) is 9.00. The number of hydrogen-bond acceptors (Lipinski definition) is 1. The number of rotatable bonds is 1. The van der Waals surface area contributed by atoms with Crippen molar-refractivity contribution in [3.8, 4) is 0 Å². The number of para-hydroxylation sites is 1. The van der Waals surface area contributed by atoms with Crippen LogP contribution >= 0.6 is 23.2 Å². The molecule has 0 aliphatic carbocycles. The normalized spacial score (nSPS) is 8.42. The SMILES string of the molecule is CC.CNc1c(Cl)cccc1Cl. The molecule has 0 spiro atoms. The van der Waals surface area contributed by atoms with Crippen molar-refractivity contribution in [3.63, 3.8) is 0 Å². The largest absolute Gasteiger partial charge is 0.386 e. The van der Waals surface area contributed by atoms with Gasteiger partial charge in [0.15, 0.2) is 0 Å². The first-order valence-electron chi connectivity index (χ1n) is 3.87. The lowest BCUT2D eigenvalue weighted by Gasteiger charge is -2.03. The summed E-state index contributed by atoms with van der Waals surface area (Å²) in [5.41, 5.74) is 0.783. The second kappa shape index (κ2) is 6.15. The molecule has 0 aromatic heterocycles. The predicted molar refractivity (Wildman–Crippen MR) is 57.4 cm³/mol. The Kier molecular flexibility index (Phi) is 5.95. The Labute approximate surface area is 83.7 Å². The number of benzene rings is 1. The highest BCUT2D eigenvalue weighted by molar-refractivity contribution is 6.39. The Hall–Kier alpha value is -0.400. The standard InChI is InChI=1S/C7H7Cl2N.C2H6/c1-10-7-5(8)3-2-4-6(7)9;1-2/h2-4,10H,1H3;1-2H3. The van der Waals surface area contributed by atoms with Gasteiger partial charge < -0.3 is 5.32 Å². The van der Waals surface area contributed by atoms with Crippen LogP contribution in [-0.4, -0.2) is 7.05 Å². The molecular formula is C9H13Cl2N. The highest BCUT2D eigenvalue weighted by Gasteiger charge is 2.00. The van der Waals surface area contributed by atoms with Crippen molar-refractivity contribution in [2.24, 2.45) is 0 Å². The number of nitrogens with one attached hydrogen (secondary N) is 1. The third kappa shape index (κ3) is 2.92. The van der Waals surface area contributed by atoms with Gasteiger partial charge in [0.2, 0.25) is 0 Å². The highest BCUT2D eigenvalue weighted by Crippen LogP contribution is 2.28. The summed E-state index contributed by atoms with van der Waals surface area (Å²) in [5.74, 6) is 0. The van der Waals surface area contributed by atoms with Crippen LogP contribution in [0.3, 0.4) is 0 Å². The molecule has 0 radical (unpaired) electrons. The van der Waals surface area contributed by atoms with Gasteiger partial charge in [0.05, 0.1) is 15.7 Å². The van der Waals surface area contributed by atoms with Crippen molar-refractivity contribution in [3.05, 3.63) is 28.2 Å². The Morgan fingerprint density at radius 3 is 1.75 bits per heavy atom. The van der Waals surface area contributed by atoms with Crippen molar-refractivity contribution >= 4 is 28.9 Å². The second-order valence-corrected chi connectivity index (χ2v) is 2.66. The van der Waals surface area contributed by atoms with Crippen LogP contribution < -0.4 is 5.32 Å². The lowest BCUT2D eigenvalue weighted by Crippen LogP contribution is -1.89. The summed E-state index contributed by atoms with van der Waals surface area (Å²) in [5, 5.41) is 4.20. The van der Waals surface area contributed by atoms with E-state index < -0.39 is 0 Å². The molecule has 0 saturated carbocycles. The van der Waals surface area contributed by atoms with Gasteiger partial charge in [-0.3, -0.25) is 0 Å². The molecule has 3 heteroatoms. The fourth-order valence-corrected chi connectivity index (χ4v) is 1.32. The van der Waals surface area contributed by atoms with Crippen LogP contribution in [0.1, 0.15) is 13.8 Å². The van der Waals surface area contributed by atoms with E-state index in [9.17, 15) is 0 Å². The zero-order chi connectivity index (χ0) is 9.56. The van der Waals surface area contributed by atoms with E-state index >= 15 is 0 Å². The van der Waals surface area contributed by atoms with E-state index in [2.05, 4.69) is 5.32 Å². The first kappa shape index (κ1) is 11.6. The molecule has 0 aliphatic heterocycles. The van der Waals surface area contributed by atoms with E-state index in [1.165, 1.54) is 0 Å². The Morgan fingerprint density at radius 1 is 1.08 bits per heavy atom. The summed E-state index contributed by atoms with van der Waals surface area (Å²) in [4.78, 5) is 0. The van der Waals surface area contributed by atoms with Gasteiger partial charge in [-0.2, -0.15) is 0 Å². The molecule has 1 nitrogen and oxygen atoms in total. The van der Waals surface area contributed by atoms with Gasteiger partial charge in [0.25, 0.3) is 0 Å². The molecule has 1 aromatic carbocycles. The summed E-state index contributed by atoms with van der Waals surface area (Å²) < 4.78 is 0. The molecule has 1 rings (SSSR count). The predicted octanol–water partition coefficient (Wildman–Crippen LogP) is 4.06. The fraction of sp³-hybridized carbons (Fsp3) is 0.333. The third-order valence-corrected chi connectivity index (χ3v) is 1.84. The molecule has 0 unspecified atom stereocenters. The minimum atomic E-state index is 0.648. The summed E-state index contributed by atoms with van der Waals surface area (Å²) in [6, 6.07) is 5.39. The quantitative estimate of drug-likeness (QED) is 0.730. The lowest BCUT2D eigenvalue weighted by molar-refractivity contribution is 1.50. The van der Waals surface area contributed by atoms with Crippen molar-refractivity contribution in [2.45, 2.75) is 13.8 Å². The topological polar surface area (TPSA) is 12.0 Å². The number of anilines is 1. The van der Waals surface area contributed by atoms with E-state index in [-0.39, 0.29) is 0 Å². The molecule has 0 heterocycles. The van der Waals surface area contributed by atoms with E-state index in [1.807, 2.05) is 19.9 Å². The molecule has 1 N–H and O–H groups in total. The van der Waals surface area contributed by atoms with Crippen molar-refractivity contribution < 1.29 is 0 Å². The molecule has 0 saturated heterocycles. The summed E-state index contributed by atoms with van der Waals surface area (Å²) in [7, 11) is 1.78. The molecule has 0 aliphatic rings. The summed E-state index contributed by atoms with van der Waals surface area (Å²) in [6.45, 7) is 4.00. The minimum Gasteiger partial charge on any atom is -0.386 e. The summed E-state index contributed by atoms with van der Waals surface area (Å²) >= 11 is 11.6. The van der Waals surface area contributed by atoms with E-state index in [4.69, 9.17) is 23.2 Å².